The summed E-state index contributed by atoms with van der Waals surface area (Å²) in [4.78, 5) is 25.5. The molecule has 2 N–H and O–H groups in total. The normalized spacial score (nSPS) is 18.3. The van der Waals surface area contributed by atoms with Crippen LogP contribution in [-0.4, -0.2) is 28.4 Å². The molecule has 1 fully saturated rings. The number of nitrogens with one attached hydrogen (secondary N) is 2. The van der Waals surface area contributed by atoms with Crippen LogP contribution in [0.1, 0.15) is 11.1 Å². The van der Waals surface area contributed by atoms with Gasteiger partial charge in [0.2, 0.25) is 0 Å². The van der Waals surface area contributed by atoms with Crippen LogP contribution in [0.2, 0.25) is 0 Å². The van der Waals surface area contributed by atoms with Gasteiger partial charge in [-0.05, 0) is 29.8 Å². The number of nitrogens with zero attached hydrogens (tertiary/aromatic N) is 1. The Morgan fingerprint density at radius 1 is 1.10 bits per heavy atom. The number of thiocarbonyl (C=S) groups is 1. The molecule has 5 nitrogen and oxygen atoms in total. The predicted octanol–water partition coefficient (Wildman–Crippen LogP) is 0.459. The Hall–Kier alpha value is -2.21. The molecule has 0 aromatic heterocycles. The van der Waals surface area contributed by atoms with Crippen molar-refractivity contribution in [3.8, 4) is 0 Å². The Bertz CT molecular complexity index is 617. The van der Waals surface area contributed by atoms with E-state index in [0.29, 0.717) is 6.54 Å². The number of hydrogen-bond acceptors (Lipinski definition) is 4. The number of amides is 2. The summed E-state index contributed by atoms with van der Waals surface area (Å²) in [7, 11) is 0. The van der Waals surface area contributed by atoms with Crippen molar-refractivity contribution in [3.63, 3.8) is 0 Å². The van der Waals surface area contributed by atoms with E-state index in [1.54, 1.807) is 6.20 Å². The van der Waals surface area contributed by atoms with Gasteiger partial charge in [-0.15, -0.1) is 0 Å². The maximum atomic E-state index is 11.8. The lowest BCUT2D eigenvalue weighted by Gasteiger charge is -2.28. The zero-order valence-corrected chi connectivity index (χ0v) is 11.5. The van der Waals surface area contributed by atoms with Gasteiger partial charge < -0.3 is 4.90 Å². The predicted molar refractivity (Wildman–Crippen MR) is 77.5 cm³/mol. The highest BCUT2D eigenvalue weighted by atomic mass is 32.1. The summed E-state index contributed by atoms with van der Waals surface area (Å²) in [5, 5.41) is 4.92. The number of rotatable bonds is 1. The van der Waals surface area contributed by atoms with Crippen molar-refractivity contribution in [1.29, 1.82) is 0 Å². The summed E-state index contributed by atoms with van der Waals surface area (Å²) < 4.78 is 0. The van der Waals surface area contributed by atoms with Crippen LogP contribution in [0.3, 0.4) is 0 Å². The summed E-state index contributed by atoms with van der Waals surface area (Å²) in [6.07, 6.45) is 2.52. The van der Waals surface area contributed by atoms with Crippen LogP contribution in [0, 0.1) is 0 Å². The molecule has 0 spiro atoms. The fourth-order valence-corrected chi connectivity index (χ4v) is 2.59. The smallest absolute Gasteiger partial charge is 0.264 e. The number of benzene rings is 1. The van der Waals surface area contributed by atoms with E-state index in [2.05, 4.69) is 22.8 Å². The first-order valence-electron chi connectivity index (χ1n) is 6.33. The van der Waals surface area contributed by atoms with Gasteiger partial charge in [-0.3, -0.25) is 20.2 Å². The zero-order valence-electron chi connectivity index (χ0n) is 10.7. The standard InChI is InChI=1S/C14H13N3O2S/c18-12-11(13(19)16-14(20)15-12)8-17-6-5-9-3-1-2-4-10(9)7-17/h1-4,8H,5-7H2,(H2,15,16,18,19,20). The summed E-state index contributed by atoms with van der Waals surface area (Å²) >= 11 is 4.76. The van der Waals surface area contributed by atoms with Crippen molar-refractivity contribution >= 4 is 29.1 Å². The summed E-state index contributed by atoms with van der Waals surface area (Å²) in [6, 6.07) is 8.19. The maximum absolute atomic E-state index is 11.8. The van der Waals surface area contributed by atoms with Gasteiger partial charge in [0.05, 0.1) is 0 Å². The van der Waals surface area contributed by atoms with Gasteiger partial charge in [-0.1, -0.05) is 24.3 Å². The minimum absolute atomic E-state index is 0.0566. The summed E-state index contributed by atoms with van der Waals surface area (Å²) in [5.41, 5.74) is 2.64. The average molecular weight is 287 g/mol. The van der Waals surface area contributed by atoms with Crippen molar-refractivity contribution in [2.75, 3.05) is 6.54 Å². The van der Waals surface area contributed by atoms with Gasteiger partial charge in [0.15, 0.2) is 5.11 Å². The molecule has 2 aliphatic rings. The van der Waals surface area contributed by atoms with Crippen LogP contribution in [0.4, 0.5) is 0 Å². The SMILES string of the molecule is O=C1NC(=S)NC(=O)C1=CN1CCc2ccccc2C1. The minimum Gasteiger partial charge on any atom is -0.372 e. The molecular formula is C14H13N3O2S. The highest BCUT2D eigenvalue weighted by molar-refractivity contribution is 7.80. The molecule has 1 saturated heterocycles. The van der Waals surface area contributed by atoms with E-state index in [4.69, 9.17) is 12.2 Å². The highest BCUT2D eigenvalue weighted by Gasteiger charge is 2.27. The molecule has 0 atom stereocenters. The molecule has 0 radical (unpaired) electrons. The molecule has 0 bridgehead atoms. The third-order valence-electron chi connectivity index (χ3n) is 3.42. The molecule has 6 heteroatoms. The van der Waals surface area contributed by atoms with Gasteiger partial charge in [0.25, 0.3) is 11.8 Å². The molecule has 20 heavy (non-hydrogen) atoms. The molecule has 1 aromatic carbocycles. The fraction of sp³-hybridized carbons (Fsp3) is 0.214. The second kappa shape index (κ2) is 5.05. The Labute approximate surface area is 121 Å². The van der Waals surface area contributed by atoms with Crippen molar-refractivity contribution in [2.24, 2.45) is 0 Å². The van der Waals surface area contributed by atoms with Gasteiger partial charge in [0.1, 0.15) is 5.57 Å². The number of hydrogen-bond donors (Lipinski definition) is 2. The van der Waals surface area contributed by atoms with Gasteiger partial charge in [0, 0.05) is 19.3 Å². The van der Waals surface area contributed by atoms with Crippen LogP contribution < -0.4 is 10.6 Å². The second-order valence-electron chi connectivity index (χ2n) is 4.77. The average Bonchev–Trinajstić information content (AvgIpc) is 2.42. The van der Waals surface area contributed by atoms with E-state index in [-0.39, 0.29) is 10.7 Å². The maximum Gasteiger partial charge on any atom is 0.264 e. The molecule has 2 aliphatic heterocycles. The lowest BCUT2D eigenvalue weighted by atomic mass is 10.00. The van der Waals surface area contributed by atoms with E-state index in [1.165, 1.54) is 11.1 Å². The van der Waals surface area contributed by atoms with E-state index in [1.807, 2.05) is 17.0 Å². The second-order valence-corrected chi connectivity index (χ2v) is 5.18. The van der Waals surface area contributed by atoms with Crippen LogP contribution >= 0.6 is 12.2 Å². The molecule has 1 aromatic rings. The number of carbonyl (C=O) groups is 2. The van der Waals surface area contributed by atoms with Crippen molar-refractivity contribution < 1.29 is 9.59 Å². The first-order valence-corrected chi connectivity index (χ1v) is 6.73. The van der Waals surface area contributed by atoms with Crippen LogP contribution in [0.25, 0.3) is 0 Å². The molecule has 0 aliphatic carbocycles. The third kappa shape index (κ3) is 2.42. The molecule has 2 amide bonds. The molecule has 3 rings (SSSR count). The van der Waals surface area contributed by atoms with Gasteiger partial charge in [-0.2, -0.15) is 0 Å². The topological polar surface area (TPSA) is 61.4 Å². The molecule has 102 valence electrons. The lowest BCUT2D eigenvalue weighted by molar-refractivity contribution is -0.123. The number of fused-ring (bicyclic) bond motifs is 1. The van der Waals surface area contributed by atoms with Crippen molar-refractivity contribution in [3.05, 3.63) is 47.2 Å². The fourth-order valence-electron chi connectivity index (χ4n) is 2.40. The third-order valence-corrected chi connectivity index (χ3v) is 3.62. The number of carbonyl (C=O) groups excluding carboxylic acids is 2. The van der Waals surface area contributed by atoms with Crippen LogP contribution in [0.5, 0.6) is 0 Å². The minimum atomic E-state index is -0.447. The largest absolute Gasteiger partial charge is 0.372 e. The van der Waals surface area contributed by atoms with E-state index in [9.17, 15) is 9.59 Å². The van der Waals surface area contributed by atoms with Gasteiger partial charge in [-0.25, -0.2) is 0 Å². The highest BCUT2D eigenvalue weighted by Crippen LogP contribution is 2.19. The van der Waals surface area contributed by atoms with E-state index >= 15 is 0 Å². The quantitative estimate of drug-likeness (QED) is 0.447. The van der Waals surface area contributed by atoms with Crippen molar-refractivity contribution in [2.45, 2.75) is 13.0 Å². The van der Waals surface area contributed by atoms with Crippen LogP contribution in [-0.2, 0) is 22.6 Å². The van der Waals surface area contributed by atoms with Gasteiger partial charge >= 0.3 is 0 Å². The molecule has 0 unspecified atom stereocenters. The summed E-state index contributed by atoms with van der Waals surface area (Å²) in [5.74, 6) is -0.893. The summed E-state index contributed by atoms with van der Waals surface area (Å²) in [6.45, 7) is 1.48. The Morgan fingerprint density at radius 3 is 2.45 bits per heavy atom. The van der Waals surface area contributed by atoms with Crippen LogP contribution in [0.15, 0.2) is 36.0 Å². The van der Waals surface area contributed by atoms with Crippen molar-refractivity contribution in [1.82, 2.24) is 15.5 Å². The first kappa shape index (κ1) is 12.8. The Morgan fingerprint density at radius 2 is 1.75 bits per heavy atom. The monoisotopic (exact) mass is 287 g/mol. The lowest BCUT2D eigenvalue weighted by Crippen LogP contribution is -2.51. The zero-order chi connectivity index (χ0) is 14.1. The Balaban J connectivity index is 1.82. The molecule has 0 saturated carbocycles. The molecular weight excluding hydrogens is 274 g/mol. The Kier molecular flexibility index (Phi) is 3.23. The first-order chi connectivity index (χ1) is 9.63. The van der Waals surface area contributed by atoms with E-state index < -0.39 is 11.8 Å². The molecule has 2 heterocycles. The van der Waals surface area contributed by atoms with E-state index in [0.717, 1.165) is 13.0 Å².